The van der Waals surface area contributed by atoms with Crippen LogP contribution in [0.1, 0.15) is 16.1 Å². The van der Waals surface area contributed by atoms with E-state index in [2.05, 4.69) is 9.69 Å². The van der Waals surface area contributed by atoms with Crippen molar-refractivity contribution in [2.24, 2.45) is 0 Å². The molecule has 0 bridgehead atoms. The van der Waals surface area contributed by atoms with E-state index in [9.17, 15) is 9.18 Å². The molecule has 1 heterocycles. The van der Waals surface area contributed by atoms with Crippen LogP contribution in [0.25, 0.3) is 0 Å². The average Bonchev–Trinajstić information content (AvgIpc) is 2.70. The number of nitrogens with one attached hydrogen (secondary N) is 1. The minimum absolute atomic E-state index is 0.0244. The maximum Gasteiger partial charge on any atom is 0.258 e. The predicted octanol–water partition coefficient (Wildman–Crippen LogP) is 3.50. The zero-order valence-electron chi connectivity index (χ0n) is 8.83. The summed E-state index contributed by atoms with van der Waals surface area (Å²) in [4.78, 5) is 11.8. The van der Waals surface area contributed by atoms with E-state index in [0.717, 1.165) is 0 Å². The molecule has 0 radical (unpaired) electrons. The summed E-state index contributed by atoms with van der Waals surface area (Å²) in [6.45, 7) is 1.74. The van der Waals surface area contributed by atoms with Gasteiger partial charge < -0.3 is 5.32 Å². The van der Waals surface area contributed by atoms with Crippen LogP contribution in [0.4, 0.5) is 10.1 Å². The number of carbonyl (C=O) groups excluding carboxylic acids is 1. The highest BCUT2D eigenvalue weighted by atomic mass is 35.5. The summed E-state index contributed by atoms with van der Waals surface area (Å²) in [6.07, 6.45) is 0. The summed E-state index contributed by atoms with van der Waals surface area (Å²) in [7, 11) is 0. The van der Waals surface area contributed by atoms with Crippen molar-refractivity contribution in [3.63, 3.8) is 0 Å². The van der Waals surface area contributed by atoms with Crippen LogP contribution >= 0.6 is 23.1 Å². The smallest absolute Gasteiger partial charge is 0.258 e. The van der Waals surface area contributed by atoms with E-state index in [-0.39, 0.29) is 10.9 Å². The van der Waals surface area contributed by atoms with Crippen LogP contribution in [0.3, 0.4) is 0 Å². The highest BCUT2D eigenvalue weighted by Crippen LogP contribution is 2.20. The number of rotatable bonds is 2. The Morgan fingerprint density at radius 3 is 2.88 bits per heavy atom. The van der Waals surface area contributed by atoms with E-state index in [1.54, 1.807) is 18.4 Å². The van der Waals surface area contributed by atoms with Gasteiger partial charge in [0.1, 0.15) is 5.82 Å². The molecule has 2 aromatic rings. The van der Waals surface area contributed by atoms with E-state index in [1.807, 2.05) is 0 Å². The van der Waals surface area contributed by atoms with Gasteiger partial charge in [-0.1, -0.05) is 11.6 Å². The van der Waals surface area contributed by atoms with Crippen LogP contribution in [-0.4, -0.2) is 10.3 Å². The Hall–Kier alpha value is -1.46. The SMILES string of the molecule is Cc1nscc1C(=O)Nc1ccc(Cl)c(F)c1. The van der Waals surface area contributed by atoms with Crippen LogP contribution in [0, 0.1) is 12.7 Å². The fourth-order valence-corrected chi connectivity index (χ4v) is 2.09. The summed E-state index contributed by atoms with van der Waals surface area (Å²) in [5.74, 6) is -0.873. The van der Waals surface area contributed by atoms with Gasteiger partial charge in [-0.05, 0) is 36.7 Å². The summed E-state index contributed by atoms with van der Waals surface area (Å²) in [5, 5.41) is 4.26. The molecule has 1 amide bonds. The van der Waals surface area contributed by atoms with Crippen molar-refractivity contribution >= 4 is 34.7 Å². The van der Waals surface area contributed by atoms with Crippen LogP contribution in [0.5, 0.6) is 0 Å². The van der Waals surface area contributed by atoms with E-state index >= 15 is 0 Å². The maximum absolute atomic E-state index is 13.2. The molecule has 0 aliphatic carbocycles. The highest BCUT2D eigenvalue weighted by molar-refractivity contribution is 7.04. The molecule has 1 aromatic carbocycles. The molecule has 1 N–H and O–H groups in total. The molecule has 0 saturated carbocycles. The number of hydrogen-bond donors (Lipinski definition) is 1. The lowest BCUT2D eigenvalue weighted by molar-refractivity contribution is 0.102. The first-order valence-electron chi connectivity index (χ1n) is 4.75. The van der Waals surface area contributed by atoms with Crippen molar-refractivity contribution < 1.29 is 9.18 Å². The van der Waals surface area contributed by atoms with Crippen LogP contribution in [0.15, 0.2) is 23.6 Å². The minimum atomic E-state index is -0.565. The predicted molar refractivity (Wildman–Crippen MR) is 66.2 cm³/mol. The third kappa shape index (κ3) is 2.62. The van der Waals surface area contributed by atoms with Crippen LogP contribution in [-0.2, 0) is 0 Å². The molecule has 0 aliphatic rings. The Kier molecular flexibility index (Phi) is 3.40. The molecule has 17 heavy (non-hydrogen) atoms. The molecule has 3 nitrogen and oxygen atoms in total. The van der Waals surface area contributed by atoms with Gasteiger partial charge in [0.2, 0.25) is 0 Å². The van der Waals surface area contributed by atoms with E-state index < -0.39 is 5.82 Å². The molecule has 6 heteroatoms. The van der Waals surface area contributed by atoms with Gasteiger partial charge in [-0.25, -0.2) is 4.39 Å². The van der Waals surface area contributed by atoms with Gasteiger partial charge in [-0.2, -0.15) is 4.37 Å². The molecule has 0 aliphatic heterocycles. The second-order valence-corrected chi connectivity index (χ2v) is 4.43. The molecule has 1 aromatic heterocycles. The highest BCUT2D eigenvalue weighted by Gasteiger charge is 2.12. The van der Waals surface area contributed by atoms with Gasteiger partial charge in [0.15, 0.2) is 0 Å². The first-order chi connectivity index (χ1) is 8.08. The van der Waals surface area contributed by atoms with Gasteiger partial charge in [0, 0.05) is 11.1 Å². The Morgan fingerprint density at radius 1 is 1.53 bits per heavy atom. The minimum Gasteiger partial charge on any atom is -0.322 e. The van der Waals surface area contributed by atoms with E-state index in [0.29, 0.717) is 16.9 Å². The number of aromatic nitrogens is 1. The third-order valence-corrected chi connectivity index (χ3v) is 3.20. The van der Waals surface area contributed by atoms with Gasteiger partial charge >= 0.3 is 0 Å². The first kappa shape index (κ1) is 12.0. The Bertz CT molecular complexity index is 570. The molecular weight excluding hydrogens is 263 g/mol. The molecule has 0 saturated heterocycles. The van der Waals surface area contributed by atoms with Crippen molar-refractivity contribution in [2.75, 3.05) is 5.32 Å². The Labute approximate surface area is 106 Å². The summed E-state index contributed by atoms with van der Waals surface area (Å²) >= 11 is 6.75. The van der Waals surface area contributed by atoms with Gasteiger partial charge in [0.25, 0.3) is 5.91 Å². The largest absolute Gasteiger partial charge is 0.322 e. The quantitative estimate of drug-likeness (QED) is 0.907. The average molecular weight is 271 g/mol. The van der Waals surface area contributed by atoms with Gasteiger partial charge in [-0.15, -0.1) is 0 Å². The van der Waals surface area contributed by atoms with Crippen LogP contribution in [0.2, 0.25) is 5.02 Å². The number of anilines is 1. The zero-order valence-corrected chi connectivity index (χ0v) is 10.4. The third-order valence-electron chi connectivity index (χ3n) is 2.17. The normalized spacial score (nSPS) is 10.3. The zero-order chi connectivity index (χ0) is 12.4. The Morgan fingerprint density at radius 2 is 2.29 bits per heavy atom. The Balaban J connectivity index is 2.19. The van der Waals surface area contributed by atoms with E-state index in [1.165, 1.54) is 23.7 Å². The van der Waals surface area contributed by atoms with E-state index in [4.69, 9.17) is 11.6 Å². The molecule has 2 rings (SSSR count). The lowest BCUT2D eigenvalue weighted by Gasteiger charge is -2.04. The van der Waals surface area contributed by atoms with Crippen molar-refractivity contribution in [3.05, 3.63) is 45.7 Å². The summed E-state index contributed by atoms with van der Waals surface area (Å²) in [6, 6.07) is 4.11. The fraction of sp³-hybridized carbons (Fsp3) is 0.0909. The fourth-order valence-electron chi connectivity index (χ4n) is 1.28. The maximum atomic E-state index is 13.2. The summed E-state index contributed by atoms with van der Waals surface area (Å²) in [5.41, 5.74) is 1.51. The number of nitrogens with zero attached hydrogens (tertiary/aromatic N) is 1. The van der Waals surface area contributed by atoms with Gasteiger partial charge in [0.05, 0.1) is 16.3 Å². The number of hydrogen-bond acceptors (Lipinski definition) is 3. The van der Waals surface area contributed by atoms with Crippen molar-refractivity contribution in [2.45, 2.75) is 6.92 Å². The number of amides is 1. The van der Waals surface area contributed by atoms with Gasteiger partial charge in [-0.3, -0.25) is 4.79 Å². The number of carbonyl (C=O) groups is 1. The summed E-state index contributed by atoms with van der Waals surface area (Å²) < 4.78 is 17.2. The first-order valence-corrected chi connectivity index (χ1v) is 5.97. The topological polar surface area (TPSA) is 42.0 Å². The lowest BCUT2D eigenvalue weighted by Crippen LogP contribution is -2.12. The van der Waals surface area contributed by atoms with Crippen molar-refractivity contribution in [3.8, 4) is 0 Å². The lowest BCUT2D eigenvalue weighted by atomic mass is 10.2. The molecule has 0 unspecified atom stereocenters. The monoisotopic (exact) mass is 270 g/mol. The number of halogens is 2. The molecule has 88 valence electrons. The molecule has 0 fully saturated rings. The van der Waals surface area contributed by atoms with Crippen molar-refractivity contribution in [1.82, 2.24) is 4.37 Å². The molecular formula is C11H8ClFN2OS. The molecule has 0 spiro atoms. The van der Waals surface area contributed by atoms with Crippen LogP contribution < -0.4 is 5.32 Å². The van der Waals surface area contributed by atoms with Crippen molar-refractivity contribution in [1.29, 1.82) is 0 Å². The standard InChI is InChI=1S/C11H8ClFN2OS/c1-6-8(5-17-15-6)11(16)14-7-2-3-9(12)10(13)4-7/h2-5H,1H3,(H,14,16). The second kappa shape index (κ2) is 4.81. The second-order valence-electron chi connectivity index (χ2n) is 3.40. The molecule has 0 atom stereocenters. The number of benzene rings is 1. The number of aryl methyl sites for hydroxylation is 1.